The van der Waals surface area contributed by atoms with Crippen molar-refractivity contribution in [3.8, 4) is 56.4 Å². The van der Waals surface area contributed by atoms with Crippen LogP contribution in [-0.2, 0) is 0 Å². The number of benzene rings is 8. The Balaban J connectivity index is 1.17. The number of aromatic nitrogens is 3. The van der Waals surface area contributed by atoms with Crippen LogP contribution >= 0.6 is 0 Å². The Morgan fingerprint density at radius 3 is 1.50 bits per heavy atom. The molecule has 0 fully saturated rings. The Labute approximate surface area is 314 Å². The standard InChI is InChI=1S/C51H35N3/c1-3-15-34(16-4-1)36-19-13-21-39(31-36)49-52-50(40-22-14-20-37(32-40)35-17-5-2-6-18-35)54-51(53-49)47-28-12-7-23-41(47)38-29-30-46-44-26-9-8-24-42(44)43-25-10-11-27-45(43)48(46)33-38/h1,3-5,7-33H,2,6H2. The molecule has 0 spiro atoms. The van der Waals surface area contributed by atoms with Crippen molar-refractivity contribution in [3.63, 3.8) is 0 Å². The highest BCUT2D eigenvalue weighted by molar-refractivity contribution is 6.25. The van der Waals surface area contributed by atoms with E-state index >= 15 is 0 Å². The first-order chi connectivity index (χ1) is 26.8. The third-order valence-corrected chi connectivity index (χ3v) is 10.5. The van der Waals surface area contributed by atoms with E-state index < -0.39 is 0 Å². The van der Waals surface area contributed by atoms with Crippen LogP contribution in [0.2, 0.25) is 0 Å². The van der Waals surface area contributed by atoms with Crippen molar-refractivity contribution in [2.45, 2.75) is 12.8 Å². The monoisotopic (exact) mass is 689 g/mol. The summed E-state index contributed by atoms with van der Waals surface area (Å²) >= 11 is 0. The first-order valence-corrected chi connectivity index (χ1v) is 18.6. The van der Waals surface area contributed by atoms with E-state index in [4.69, 9.17) is 15.0 Å². The minimum atomic E-state index is 0.640. The largest absolute Gasteiger partial charge is 0.208 e. The fourth-order valence-corrected chi connectivity index (χ4v) is 7.89. The van der Waals surface area contributed by atoms with Gasteiger partial charge in [0.2, 0.25) is 0 Å². The zero-order valence-corrected chi connectivity index (χ0v) is 29.7. The molecule has 1 aliphatic rings. The summed E-state index contributed by atoms with van der Waals surface area (Å²) in [5.41, 5.74) is 9.71. The molecule has 254 valence electrons. The number of allylic oxidation sites excluding steroid dienone is 4. The van der Waals surface area contributed by atoms with E-state index in [2.05, 4.69) is 182 Å². The first-order valence-electron chi connectivity index (χ1n) is 18.6. The molecule has 3 heteroatoms. The average molecular weight is 690 g/mol. The minimum Gasteiger partial charge on any atom is -0.208 e. The highest BCUT2D eigenvalue weighted by Crippen LogP contribution is 2.39. The van der Waals surface area contributed by atoms with Gasteiger partial charge in [0.25, 0.3) is 0 Å². The molecule has 0 saturated heterocycles. The van der Waals surface area contributed by atoms with Gasteiger partial charge in [-0.1, -0.05) is 170 Å². The van der Waals surface area contributed by atoms with Crippen LogP contribution in [0.1, 0.15) is 18.4 Å². The minimum absolute atomic E-state index is 0.640. The molecular weight excluding hydrogens is 655 g/mol. The summed E-state index contributed by atoms with van der Waals surface area (Å²) in [6, 6.07) is 60.3. The quantitative estimate of drug-likeness (QED) is 0.163. The first kappa shape index (κ1) is 31.7. The van der Waals surface area contributed by atoms with Crippen molar-refractivity contribution in [2.24, 2.45) is 0 Å². The predicted octanol–water partition coefficient (Wildman–Crippen LogP) is 13.4. The fraction of sp³-hybridized carbons (Fsp3) is 0.0392. The van der Waals surface area contributed by atoms with E-state index in [1.54, 1.807) is 0 Å². The fourth-order valence-electron chi connectivity index (χ4n) is 7.89. The maximum atomic E-state index is 5.25. The van der Waals surface area contributed by atoms with Crippen LogP contribution in [0.4, 0.5) is 0 Å². The number of nitrogens with zero attached hydrogens (tertiary/aromatic N) is 3. The van der Waals surface area contributed by atoms with E-state index in [-0.39, 0.29) is 0 Å². The molecule has 0 unspecified atom stereocenters. The van der Waals surface area contributed by atoms with Crippen LogP contribution in [0.25, 0.3) is 94.3 Å². The molecular formula is C51H35N3. The van der Waals surface area contributed by atoms with Crippen LogP contribution in [0, 0.1) is 0 Å². The second kappa shape index (κ2) is 13.5. The van der Waals surface area contributed by atoms with Crippen LogP contribution in [0.15, 0.2) is 188 Å². The van der Waals surface area contributed by atoms with Gasteiger partial charge in [-0.25, -0.2) is 15.0 Å². The SMILES string of the molecule is C1=CC(c2cccc(-c3nc(-c4cccc(-c5ccccc5)c4)nc(-c4ccccc4-c4ccc5c6ccccc6c6ccccc6c5c4)n3)c2)=CCC1. The van der Waals surface area contributed by atoms with Crippen molar-refractivity contribution in [3.05, 3.63) is 194 Å². The zero-order chi connectivity index (χ0) is 35.8. The number of rotatable bonds is 6. The molecule has 54 heavy (non-hydrogen) atoms. The van der Waals surface area contributed by atoms with Gasteiger partial charge >= 0.3 is 0 Å². The maximum Gasteiger partial charge on any atom is 0.164 e. The molecule has 0 bridgehead atoms. The van der Waals surface area contributed by atoms with Gasteiger partial charge in [-0.15, -0.1) is 0 Å². The molecule has 1 aliphatic carbocycles. The van der Waals surface area contributed by atoms with Gasteiger partial charge in [0.05, 0.1) is 0 Å². The van der Waals surface area contributed by atoms with Crippen molar-refractivity contribution >= 4 is 37.9 Å². The topological polar surface area (TPSA) is 38.7 Å². The molecule has 0 aliphatic heterocycles. The highest BCUT2D eigenvalue weighted by atomic mass is 15.0. The molecule has 0 amide bonds. The summed E-state index contributed by atoms with van der Waals surface area (Å²) in [4.78, 5) is 15.7. The van der Waals surface area contributed by atoms with Gasteiger partial charge in [-0.3, -0.25) is 0 Å². The second-order valence-electron chi connectivity index (χ2n) is 13.9. The molecule has 1 heterocycles. The maximum absolute atomic E-state index is 5.25. The highest BCUT2D eigenvalue weighted by Gasteiger charge is 2.18. The number of hydrogen-bond acceptors (Lipinski definition) is 3. The van der Waals surface area contributed by atoms with Crippen molar-refractivity contribution < 1.29 is 0 Å². The van der Waals surface area contributed by atoms with E-state index in [1.165, 1.54) is 37.9 Å². The van der Waals surface area contributed by atoms with E-state index in [1.807, 2.05) is 6.07 Å². The second-order valence-corrected chi connectivity index (χ2v) is 13.9. The normalized spacial score (nSPS) is 12.7. The van der Waals surface area contributed by atoms with E-state index in [0.29, 0.717) is 17.5 Å². The molecule has 0 radical (unpaired) electrons. The van der Waals surface area contributed by atoms with Crippen molar-refractivity contribution in [1.29, 1.82) is 0 Å². The molecule has 9 aromatic rings. The van der Waals surface area contributed by atoms with Gasteiger partial charge in [0, 0.05) is 16.7 Å². The van der Waals surface area contributed by atoms with Crippen LogP contribution in [0.5, 0.6) is 0 Å². The van der Waals surface area contributed by atoms with Gasteiger partial charge in [0.15, 0.2) is 17.5 Å². The van der Waals surface area contributed by atoms with Gasteiger partial charge in [0.1, 0.15) is 0 Å². The van der Waals surface area contributed by atoms with Crippen LogP contribution in [0.3, 0.4) is 0 Å². The molecule has 8 aromatic carbocycles. The van der Waals surface area contributed by atoms with E-state index in [0.717, 1.165) is 57.3 Å². The van der Waals surface area contributed by atoms with Crippen LogP contribution in [-0.4, -0.2) is 15.0 Å². The summed E-state index contributed by atoms with van der Waals surface area (Å²) in [5.74, 6) is 1.93. The van der Waals surface area contributed by atoms with Gasteiger partial charge < -0.3 is 0 Å². The molecule has 3 nitrogen and oxygen atoms in total. The summed E-state index contributed by atoms with van der Waals surface area (Å²) < 4.78 is 0. The molecule has 10 rings (SSSR count). The Hall–Kier alpha value is -6.97. The summed E-state index contributed by atoms with van der Waals surface area (Å²) in [7, 11) is 0. The summed E-state index contributed by atoms with van der Waals surface area (Å²) in [6.45, 7) is 0. The van der Waals surface area contributed by atoms with Crippen molar-refractivity contribution in [2.75, 3.05) is 0 Å². The zero-order valence-electron chi connectivity index (χ0n) is 29.7. The Morgan fingerprint density at radius 1 is 0.315 bits per heavy atom. The smallest absolute Gasteiger partial charge is 0.164 e. The lowest BCUT2D eigenvalue weighted by molar-refractivity contribution is 1.04. The van der Waals surface area contributed by atoms with Crippen LogP contribution < -0.4 is 0 Å². The van der Waals surface area contributed by atoms with Crippen molar-refractivity contribution in [1.82, 2.24) is 15.0 Å². The molecule has 0 N–H and O–H groups in total. The summed E-state index contributed by atoms with van der Waals surface area (Å²) in [5, 5.41) is 7.52. The lowest BCUT2D eigenvalue weighted by atomic mass is 9.91. The third kappa shape index (κ3) is 5.77. The Bertz CT molecular complexity index is 2900. The number of fused-ring (bicyclic) bond motifs is 6. The molecule has 0 saturated carbocycles. The van der Waals surface area contributed by atoms with Gasteiger partial charge in [-0.05, 0) is 96.7 Å². The van der Waals surface area contributed by atoms with Gasteiger partial charge in [-0.2, -0.15) is 0 Å². The Morgan fingerprint density at radius 2 is 0.833 bits per heavy atom. The third-order valence-electron chi connectivity index (χ3n) is 10.5. The lowest BCUT2D eigenvalue weighted by Gasteiger charge is -2.15. The predicted molar refractivity (Wildman–Crippen MR) is 226 cm³/mol. The molecule has 0 atom stereocenters. The average Bonchev–Trinajstić information content (AvgIpc) is 3.27. The molecule has 1 aromatic heterocycles. The summed E-state index contributed by atoms with van der Waals surface area (Å²) in [6.07, 6.45) is 8.90. The Kier molecular flexibility index (Phi) is 7.96. The van der Waals surface area contributed by atoms with E-state index in [9.17, 15) is 0 Å². The lowest BCUT2D eigenvalue weighted by Crippen LogP contribution is -2.01. The number of hydrogen-bond donors (Lipinski definition) is 0.